The fourth-order valence-corrected chi connectivity index (χ4v) is 5.03. The van der Waals surface area contributed by atoms with Gasteiger partial charge in [0.15, 0.2) is 5.09 Å². The van der Waals surface area contributed by atoms with E-state index in [0.29, 0.717) is 22.4 Å². The van der Waals surface area contributed by atoms with Crippen molar-refractivity contribution < 1.29 is 23.3 Å². The highest BCUT2D eigenvalue weighted by Crippen LogP contribution is 2.52. The molecule has 0 saturated heterocycles. The highest BCUT2D eigenvalue weighted by Gasteiger charge is 2.31. The summed E-state index contributed by atoms with van der Waals surface area (Å²) in [5, 5.41) is 0.0151. The van der Waals surface area contributed by atoms with Crippen LogP contribution < -0.4 is 4.90 Å². The zero-order chi connectivity index (χ0) is 21.5. The minimum absolute atomic E-state index is 0.0151. The third-order valence-corrected chi connectivity index (χ3v) is 6.26. The smallest absolute Gasteiger partial charge is 0.396 e. The summed E-state index contributed by atoms with van der Waals surface area (Å²) in [5.41, 5.74) is 4.15. The Morgan fingerprint density at radius 3 is 2.30 bits per heavy atom. The molecular weight excluding hydrogens is 424 g/mol. The number of nitrogens with zero attached hydrogens (tertiary/aromatic N) is 1. The molecule has 0 radical (unpaired) electrons. The Bertz CT molecular complexity index is 1140. The van der Waals surface area contributed by atoms with E-state index in [4.69, 9.17) is 4.52 Å². The quantitative estimate of drug-likeness (QED) is 0.300. The predicted molar refractivity (Wildman–Crippen MR) is 117 cm³/mol. The summed E-state index contributed by atoms with van der Waals surface area (Å²) in [7, 11) is -3.00. The molecule has 0 aromatic heterocycles. The SMILES string of the molecule is Cc1ccc2c(c1)/C(=C(/OP(=O)(O)O)Sc1ccccc1)c1cc(F)ccc1N2C. The number of benzene rings is 3. The van der Waals surface area contributed by atoms with E-state index in [1.54, 1.807) is 6.07 Å². The summed E-state index contributed by atoms with van der Waals surface area (Å²) in [5.74, 6) is -0.448. The second-order valence-corrected chi connectivity index (χ2v) is 9.11. The second kappa shape index (κ2) is 7.93. The van der Waals surface area contributed by atoms with Gasteiger partial charge in [-0.1, -0.05) is 41.6 Å². The molecule has 2 N–H and O–H groups in total. The molecule has 0 bridgehead atoms. The molecule has 0 atom stereocenters. The third kappa shape index (κ3) is 4.16. The van der Waals surface area contributed by atoms with Crippen molar-refractivity contribution in [3.8, 4) is 0 Å². The lowest BCUT2D eigenvalue weighted by molar-refractivity contribution is 0.255. The summed E-state index contributed by atoms with van der Waals surface area (Å²) < 4.78 is 31.3. The van der Waals surface area contributed by atoms with Crippen LogP contribution in [0.2, 0.25) is 0 Å². The molecule has 5 nitrogen and oxygen atoms in total. The number of rotatable bonds is 4. The Morgan fingerprint density at radius 1 is 1.00 bits per heavy atom. The van der Waals surface area contributed by atoms with Gasteiger partial charge in [0.25, 0.3) is 0 Å². The molecule has 3 aromatic rings. The maximum atomic E-state index is 14.2. The van der Waals surface area contributed by atoms with Crippen LogP contribution in [-0.4, -0.2) is 16.8 Å². The Labute approximate surface area is 178 Å². The zero-order valence-electron chi connectivity index (χ0n) is 16.2. The van der Waals surface area contributed by atoms with Gasteiger partial charge in [-0.05, 0) is 49.4 Å². The van der Waals surface area contributed by atoms with Crippen LogP contribution in [0.1, 0.15) is 16.7 Å². The Hall–Kier alpha value is -2.57. The first-order valence-corrected chi connectivity index (χ1v) is 11.4. The minimum Gasteiger partial charge on any atom is -0.396 e. The molecule has 0 unspecified atom stereocenters. The highest BCUT2D eigenvalue weighted by atomic mass is 32.2. The zero-order valence-corrected chi connectivity index (χ0v) is 18.0. The van der Waals surface area contributed by atoms with Crippen molar-refractivity contribution >= 4 is 36.5 Å². The molecule has 4 rings (SSSR count). The number of phosphoric ester groups is 1. The van der Waals surface area contributed by atoms with E-state index in [0.717, 1.165) is 27.9 Å². The molecule has 0 amide bonds. The van der Waals surface area contributed by atoms with Gasteiger partial charge in [0.1, 0.15) is 5.82 Å². The van der Waals surface area contributed by atoms with E-state index in [2.05, 4.69) is 0 Å². The first-order valence-electron chi connectivity index (χ1n) is 9.10. The van der Waals surface area contributed by atoms with Crippen LogP contribution in [-0.2, 0) is 9.09 Å². The maximum Gasteiger partial charge on any atom is 0.525 e. The van der Waals surface area contributed by atoms with Crippen molar-refractivity contribution in [3.63, 3.8) is 0 Å². The fraction of sp³-hybridized carbons (Fsp3) is 0.0909. The number of anilines is 2. The van der Waals surface area contributed by atoms with Gasteiger partial charge in [-0.15, -0.1) is 0 Å². The van der Waals surface area contributed by atoms with Crippen molar-refractivity contribution in [3.05, 3.63) is 94.3 Å². The van der Waals surface area contributed by atoms with Crippen LogP contribution >= 0.6 is 19.6 Å². The van der Waals surface area contributed by atoms with Gasteiger partial charge in [-0.2, -0.15) is 0 Å². The number of fused-ring (bicyclic) bond motifs is 2. The van der Waals surface area contributed by atoms with E-state index < -0.39 is 13.6 Å². The predicted octanol–water partition coefficient (Wildman–Crippen LogP) is 5.83. The minimum atomic E-state index is -4.87. The first kappa shape index (κ1) is 20.7. The van der Waals surface area contributed by atoms with Crippen molar-refractivity contribution in [2.75, 3.05) is 11.9 Å². The number of aryl methyl sites for hydroxylation is 1. The van der Waals surface area contributed by atoms with Gasteiger partial charge in [0.05, 0.1) is 0 Å². The molecule has 0 saturated carbocycles. The number of hydrogen-bond donors (Lipinski definition) is 2. The topological polar surface area (TPSA) is 70.0 Å². The molecule has 1 heterocycles. The largest absolute Gasteiger partial charge is 0.525 e. The number of phosphoric acid groups is 1. The molecule has 1 aliphatic heterocycles. The van der Waals surface area contributed by atoms with Crippen LogP contribution in [0.4, 0.5) is 15.8 Å². The Morgan fingerprint density at radius 2 is 1.63 bits per heavy atom. The molecule has 3 aromatic carbocycles. The summed E-state index contributed by atoms with van der Waals surface area (Å²) in [4.78, 5) is 21.9. The lowest BCUT2D eigenvalue weighted by Gasteiger charge is -2.33. The van der Waals surface area contributed by atoms with Crippen molar-refractivity contribution in [2.24, 2.45) is 0 Å². The van der Waals surface area contributed by atoms with Crippen LogP contribution in [0.15, 0.2) is 76.7 Å². The van der Waals surface area contributed by atoms with E-state index in [-0.39, 0.29) is 5.09 Å². The number of hydrogen-bond acceptors (Lipinski definition) is 4. The van der Waals surface area contributed by atoms with E-state index >= 15 is 0 Å². The Balaban J connectivity index is 2.04. The number of thioether (sulfide) groups is 1. The van der Waals surface area contributed by atoms with E-state index in [1.807, 2.05) is 67.4 Å². The van der Waals surface area contributed by atoms with Crippen molar-refractivity contribution in [1.82, 2.24) is 0 Å². The van der Waals surface area contributed by atoms with Gasteiger partial charge in [0.2, 0.25) is 0 Å². The van der Waals surface area contributed by atoms with Crippen molar-refractivity contribution in [1.29, 1.82) is 0 Å². The molecule has 8 heteroatoms. The lowest BCUT2D eigenvalue weighted by atomic mass is 9.90. The van der Waals surface area contributed by atoms with Crippen LogP contribution in [0, 0.1) is 12.7 Å². The summed E-state index contributed by atoms with van der Waals surface area (Å²) in [6, 6.07) is 19.3. The highest BCUT2D eigenvalue weighted by molar-refractivity contribution is 8.03. The average molecular weight is 443 g/mol. The van der Waals surface area contributed by atoms with E-state index in [1.165, 1.54) is 12.1 Å². The first-order chi connectivity index (χ1) is 14.2. The monoisotopic (exact) mass is 443 g/mol. The Kier molecular flexibility index (Phi) is 5.47. The van der Waals surface area contributed by atoms with E-state index in [9.17, 15) is 18.7 Å². The second-order valence-electron chi connectivity index (χ2n) is 6.90. The van der Waals surface area contributed by atoms with Gasteiger partial charge in [0, 0.05) is 40.0 Å². The van der Waals surface area contributed by atoms with Gasteiger partial charge < -0.3 is 9.42 Å². The number of halogens is 1. The molecule has 0 aliphatic carbocycles. The van der Waals surface area contributed by atoms with Crippen LogP contribution in [0.3, 0.4) is 0 Å². The van der Waals surface area contributed by atoms with Gasteiger partial charge >= 0.3 is 7.82 Å². The van der Waals surface area contributed by atoms with Crippen molar-refractivity contribution in [2.45, 2.75) is 11.8 Å². The standard InChI is InChI=1S/C22H19FNO4PS/c1-14-8-10-19-17(12-14)21(18-13-15(23)9-11-20(18)24(19)2)22(28-29(25,26)27)30-16-6-4-3-5-7-16/h3-13H,1-2H3,(H2,25,26,27)/b22-21+. The summed E-state index contributed by atoms with van der Waals surface area (Å²) in [6.07, 6.45) is 0. The van der Waals surface area contributed by atoms with Crippen LogP contribution in [0.25, 0.3) is 5.57 Å². The summed E-state index contributed by atoms with van der Waals surface area (Å²) >= 11 is 1.09. The average Bonchev–Trinajstić information content (AvgIpc) is 2.67. The lowest BCUT2D eigenvalue weighted by Crippen LogP contribution is -2.19. The molecular formula is C22H19FNO4PS. The molecule has 154 valence electrons. The van der Waals surface area contributed by atoms with Crippen LogP contribution in [0.5, 0.6) is 0 Å². The van der Waals surface area contributed by atoms with Gasteiger partial charge in [-0.3, -0.25) is 9.79 Å². The normalized spacial score (nSPS) is 14.8. The molecule has 0 fully saturated rings. The maximum absolute atomic E-state index is 14.2. The molecule has 30 heavy (non-hydrogen) atoms. The van der Waals surface area contributed by atoms with Gasteiger partial charge in [-0.25, -0.2) is 8.96 Å². The molecule has 0 spiro atoms. The summed E-state index contributed by atoms with van der Waals surface area (Å²) in [6.45, 7) is 1.92. The fourth-order valence-electron chi connectivity index (χ4n) is 3.46. The molecule has 1 aliphatic rings. The third-order valence-electron chi connectivity index (χ3n) is 4.73.